The summed E-state index contributed by atoms with van der Waals surface area (Å²) < 4.78 is 10.3. The van der Waals surface area contributed by atoms with Crippen molar-refractivity contribution in [1.82, 2.24) is 5.32 Å². The SMILES string of the molecule is COc1ccc(C(CC(=O)OC(C)C)NC(=O)C2CC2)cc1. The number of carbonyl (C=O) groups is 2. The molecule has 0 saturated heterocycles. The molecule has 22 heavy (non-hydrogen) atoms. The third-order valence-electron chi connectivity index (χ3n) is 3.52. The molecular formula is C17H23NO4. The Balaban J connectivity index is 2.08. The number of benzene rings is 1. The monoisotopic (exact) mass is 305 g/mol. The van der Waals surface area contributed by atoms with Crippen molar-refractivity contribution in [3.05, 3.63) is 29.8 Å². The van der Waals surface area contributed by atoms with Gasteiger partial charge in [-0.25, -0.2) is 0 Å². The van der Waals surface area contributed by atoms with Crippen LogP contribution in [0.4, 0.5) is 0 Å². The molecule has 120 valence electrons. The summed E-state index contributed by atoms with van der Waals surface area (Å²) in [6, 6.07) is 6.99. The second kappa shape index (κ2) is 7.29. The number of hydrogen-bond donors (Lipinski definition) is 1. The fourth-order valence-corrected chi connectivity index (χ4v) is 2.20. The molecule has 1 aromatic carbocycles. The molecule has 1 N–H and O–H groups in total. The lowest BCUT2D eigenvalue weighted by Crippen LogP contribution is -2.32. The highest BCUT2D eigenvalue weighted by atomic mass is 16.5. The summed E-state index contributed by atoms with van der Waals surface area (Å²) in [5.74, 6) is 0.535. The normalized spacial score (nSPS) is 15.3. The van der Waals surface area contributed by atoms with Gasteiger partial charge in [0.1, 0.15) is 5.75 Å². The van der Waals surface area contributed by atoms with E-state index in [1.165, 1.54) is 0 Å². The van der Waals surface area contributed by atoms with Crippen LogP contribution in [0.15, 0.2) is 24.3 Å². The van der Waals surface area contributed by atoms with E-state index < -0.39 is 0 Å². The van der Waals surface area contributed by atoms with Gasteiger partial charge < -0.3 is 14.8 Å². The predicted molar refractivity (Wildman–Crippen MR) is 82.4 cm³/mol. The van der Waals surface area contributed by atoms with Gasteiger partial charge in [0, 0.05) is 5.92 Å². The Bertz CT molecular complexity index is 520. The number of carbonyl (C=O) groups excluding carboxylic acids is 2. The number of ether oxygens (including phenoxy) is 2. The molecule has 1 aromatic rings. The molecular weight excluding hydrogens is 282 g/mol. The number of hydrogen-bond acceptors (Lipinski definition) is 4. The highest BCUT2D eigenvalue weighted by molar-refractivity contribution is 5.82. The third-order valence-corrected chi connectivity index (χ3v) is 3.52. The summed E-state index contributed by atoms with van der Waals surface area (Å²) in [6.07, 6.45) is 1.82. The molecule has 0 aromatic heterocycles. The van der Waals surface area contributed by atoms with Gasteiger partial charge in [-0.2, -0.15) is 0 Å². The van der Waals surface area contributed by atoms with Crippen molar-refractivity contribution in [2.45, 2.75) is 45.3 Å². The van der Waals surface area contributed by atoms with E-state index in [2.05, 4.69) is 5.32 Å². The van der Waals surface area contributed by atoms with Crippen LogP contribution in [-0.4, -0.2) is 25.1 Å². The van der Waals surface area contributed by atoms with E-state index in [4.69, 9.17) is 9.47 Å². The van der Waals surface area contributed by atoms with Gasteiger partial charge in [0.2, 0.25) is 5.91 Å². The largest absolute Gasteiger partial charge is 0.497 e. The molecule has 1 aliphatic rings. The molecule has 0 heterocycles. The predicted octanol–water partition coefficient (Wildman–Crippen LogP) is 2.60. The van der Waals surface area contributed by atoms with Gasteiger partial charge in [0.05, 0.1) is 25.7 Å². The van der Waals surface area contributed by atoms with Gasteiger partial charge in [-0.3, -0.25) is 9.59 Å². The quantitative estimate of drug-likeness (QED) is 0.786. The molecule has 1 unspecified atom stereocenters. The van der Waals surface area contributed by atoms with Crippen LogP contribution in [-0.2, 0) is 14.3 Å². The number of methoxy groups -OCH3 is 1. The molecule has 5 nitrogen and oxygen atoms in total. The zero-order chi connectivity index (χ0) is 16.1. The zero-order valence-corrected chi connectivity index (χ0v) is 13.3. The smallest absolute Gasteiger partial charge is 0.308 e. The Morgan fingerprint density at radius 3 is 2.36 bits per heavy atom. The molecule has 0 radical (unpaired) electrons. The second-order valence-corrected chi connectivity index (χ2v) is 5.85. The van der Waals surface area contributed by atoms with Gasteiger partial charge in [0.15, 0.2) is 0 Å². The summed E-state index contributed by atoms with van der Waals surface area (Å²) in [5, 5.41) is 2.96. The zero-order valence-electron chi connectivity index (χ0n) is 13.3. The first-order valence-electron chi connectivity index (χ1n) is 7.63. The molecule has 0 spiro atoms. The van der Waals surface area contributed by atoms with Crippen molar-refractivity contribution in [3.8, 4) is 5.75 Å². The van der Waals surface area contributed by atoms with Gasteiger partial charge in [0.25, 0.3) is 0 Å². The molecule has 0 bridgehead atoms. The minimum absolute atomic E-state index is 0.0122. The van der Waals surface area contributed by atoms with Crippen LogP contribution in [0.25, 0.3) is 0 Å². The second-order valence-electron chi connectivity index (χ2n) is 5.85. The van der Waals surface area contributed by atoms with E-state index in [9.17, 15) is 9.59 Å². The topological polar surface area (TPSA) is 64.6 Å². The first-order valence-corrected chi connectivity index (χ1v) is 7.63. The van der Waals surface area contributed by atoms with Crippen molar-refractivity contribution < 1.29 is 19.1 Å². The van der Waals surface area contributed by atoms with Gasteiger partial charge in [-0.15, -0.1) is 0 Å². The van der Waals surface area contributed by atoms with Crippen molar-refractivity contribution >= 4 is 11.9 Å². The van der Waals surface area contributed by atoms with Crippen molar-refractivity contribution in [1.29, 1.82) is 0 Å². The third kappa shape index (κ3) is 4.76. The standard InChI is InChI=1S/C17H23NO4/c1-11(2)22-16(19)10-15(18-17(20)13-4-5-13)12-6-8-14(21-3)9-7-12/h6-9,11,13,15H,4-5,10H2,1-3H3,(H,18,20). The summed E-state index contributed by atoms with van der Waals surface area (Å²) in [6.45, 7) is 3.62. The van der Waals surface area contributed by atoms with Gasteiger partial charge in [-0.05, 0) is 44.4 Å². The Morgan fingerprint density at radius 1 is 1.23 bits per heavy atom. The number of rotatable bonds is 7. The molecule has 1 atom stereocenters. The summed E-state index contributed by atoms with van der Waals surface area (Å²) in [4.78, 5) is 24.0. The molecule has 1 amide bonds. The van der Waals surface area contributed by atoms with E-state index in [0.29, 0.717) is 0 Å². The van der Waals surface area contributed by atoms with Crippen LogP contribution < -0.4 is 10.1 Å². The minimum atomic E-state index is -0.370. The maximum atomic E-state index is 12.0. The van der Waals surface area contributed by atoms with Crippen molar-refractivity contribution in [3.63, 3.8) is 0 Å². The van der Waals surface area contributed by atoms with Crippen LogP contribution in [0.3, 0.4) is 0 Å². The Morgan fingerprint density at radius 2 is 1.86 bits per heavy atom. The summed E-state index contributed by atoms with van der Waals surface area (Å²) >= 11 is 0. The van der Waals surface area contributed by atoms with E-state index in [-0.39, 0.29) is 36.4 Å². The van der Waals surface area contributed by atoms with Crippen LogP contribution in [0.5, 0.6) is 5.75 Å². The van der Waals surface area contributed by atoms with E-state index >= 15 is 0 Å². The molecule has 2 rings (SSSR count). The van der Waals surface area contributed by atoms with E-state index in [0.717, 1.165) is 24.2 Å². The molecule has 0 aliphatic heterocycles. The maximum Gasteiger partial charge on any atom is 0.308 e. The van der Waals surface area contributed by atoms with Crippen molar-refractivity contribution in [2.24, 2.45) is 5.92 Å². The average Bonchev–Trinajstić information content (AvgIpc) is 3.30. The van der Waals surface area contributed by atoms with Crippen molar-refractivity contribution in [2.75, 3.05) is 7.11 Å². The number of esters is 1. The highest BCUT2D eigenvalue weighted by Crippen LogP contribution is 2.30. The molecule has 1 fully saturated rings. The Hall–Kier alpha value is -2.04. The van der Waals surface area contributed by atoms with E-state index in [1.807, 2.05) is 38.1 Å². The molecule has 5 heteroatoms. The first-order chi connectivity index (χ1) is 10.5. The lowest BCUT2D eigenvalue weighted by atomic mass is 10.0. The first kappa shape index (κ1) is 16.3. The van der Waals surface area contributed by atoms with Gasteiger partial charge in [-0.1, -0.05) is 12.1 Å². The Labute approximate surface area is 131 Å². The minimum Gasteiger partial charge on any atom is -0.497 e. The average molecular weight is 305 g/mol. The summed E-state index contributed by atoms with van der Waals surface area (Å²) in [7, 11) is 1.60. The van der Waals surface area contributed by atoms with Gasteiger partial charge >= 0.3 is 5.97 Å². The number of nitrogens with one attached hydrogen (secondary N) is 1. The highest BCUT2D eigenvalue weighted by Gasteiger charge is 2.32. The number of amides is 1. The van der Waals surface area contributed by atoms with Crippen LogP contribution in [0, 0.1) is 5.92 Å². The fourth-order valence-electron chi connectivity index (χ4n) is 2.20. The van der Waals surface area contributed by atoms with Crippen LogP contribution >= 0.6 is 0 Å². The van der Waals surface area contributed by atoms with Crippen LogP contribution in [0.1, 0.15) is 44.7 Å². The lowest BCUT2D eigenvalue weighted by molar-refractivity contribution is -0.148. The molecule has 1 aliphatic carbocycles. The fraction of sp³-hybridized carbons (Fsp3) is 0.529. The van der Waals surface area contributed by atoms with E-state index in [1.54, 1.807) is 7.11 Å². The lowest BCUT2D eigenvalue weighted by Gasteiger charge is -2.19. The maximum absolute atomic E-state index is 12.0. The molecule has 1 saturated carbocycles. The Kier molecular flexibility index (Phi) is 5.41. The van der Waals surface area contributed by atoms with Crippen LogP contribution in [0.2, 0.25) is 0 Å². The summed E-state index contributed by atoms with van der Waals surface area (Å²) in [5.41, 5.74) is 0.871.